The van der Waals surface area contributed by atoms with E-state index in [1.165, 1.54) is 24.3 Å². The first-order valence-electron chi connectivity index (χ1n) is 3.82. The molecule has 0 aromatic heterocycles. The molecule has 3 nitrogen and oxygen atoms in total. The van der Waals surface area contributed by atoms with E-state index in [4.69, 9.17) is 10.8 Å². The Balaban J connectivity index is 2.71. The molecule has 0 fully saturated rings. The van der Waals surface area contributed by atoms with Gasteiger partial charge in [-0.2, -0.15) is 0 Å². The predicted molar refractivity (Wildman–Crippen MR) is 45.6 cm³/mol. The minimum atomic E-state index is -0.961. The summed E-state index contributed by atoms with van der Waals surface area (Å²) in [6.07, 6.45) is -0.147. The number of carbonyl (C=O) groups is 1. The summed E-state index contributed by atoms with van der Waals surface area (Å²) in [6, 6.07) is 4.93. The molecule has 0 radical (unpaired) electrons. The summed E-state index contributed by atoms with van der Waals surface area (Å²) in [5.74, 6) is -1.32. The maximum absolute atomic E-state index is 12.5. The van der Waals surface area contributed by atoms with Gasteiger partial charge >= 0.3 is 5.97 Å². The summed E-state index contributed by atoms with van der Waals surface area (Å²) in [4.78, 5) is 10.3. The lowest BCUT2D eigenvalue weighted by molar-refractivity contribution is -0.137. The molecule has 0 aliphatic rings. The Hall–Kier alpha value is -1.42. The van der Waals surface area contributed by atoms with Gasteiger partial charge in [0.05, 0.1) is 6.42 Å². The molecule has 70 valence electrons. The number of rotatable bonds is 3. The minimum Gasteiger partial charge on any atom is -0.481 e. The molecule has 1 aromatic carbocycles. The average molecular weight is 183 g/mol. The van der Waals surface area contributed by atoms with Crippen LogP contribution in [-0.2, 0) is 4.79 Å². The lowest BCUT2D eigenvalue weighted by Crippen LogP contribution is -2.14. The second-order valence-corrected chi connectivity index (χ2v) is 2.76. The zero-order valence-corrected chi connectivity index (χ0v) is 6.90. The molecule has 0 unspecified atom stereocenters. The van der Waals surface area contributed by atoms with Crippen LogP contribution in [0, 0.1) is 5.82 Å². The van der Waals surface area contributed by atoms with Crippen LogP contribution in [0.15, 0.2) is 24.3 Å². The lowest BCUT2D eigenvalue weighted by atomic mass is 10.1. The average Bonchev–Trinajstić information content (AvgIpc) is 2.04. The van der Waals surface area contributed by atoms with E-state index in [0.717, 1.165) is 0 Å². The smallest absolute Gasteiger partial charge is 0.305 e. The van der Waals surface area contributed by atoms with Crippen LogP contribution < -0.4 is 5.73 Å². The summed E-state index contributed by atoms with van der Waals surface area (Å²) < 4.78 is 12.5. The van der Waals surface area contributed by atoms with E-state index in [-0.39, 0.29) is 12.2 Å². The van der Waals surface area contributed by atoms with E-state index >= 15 is 0 Å². The van der Waals surface area contributed by atoms with Gasteiger partial charge in [0.1, 0.15) is 5.82 Å². The summed E-state index contributed by atoms with van der Waals surface area (Å²) in [5.41, 5.74) is 6.17. The highest BCUT2D eigenvalue weighted by Gasteiger charge is 2.09. The highest BCUT2D eigenvalue weighted by atomic mass is 19.1. The number of nitrogens with two attached hydrogens (primary N) is 1. The second kappa shape index (κ2) is 4.00. The molecule has 0 bridgehead atoms. The summed E-state index contributed by atoms with van der Waals surface area (Å²) in [6.45, 7) is 0. The van der Waals surface area contributed by atoms with E-state index in [1.54, 1.807) is 0 Å². The molecule has 0 aliphatic heterocycles. The quantitative estimate of drug-likeness (QED) is 0.742. The van der Waals surface area contributed by atoms with Gasteiger partial charge in [-0.1, -0.05) is 12.1 Å². The fourth-order valence-electron chi connectivity index (χ4n) is 1.02. The SMILES string of the molecule is N[C@H](CC(=O)O)c1ccc(F)cc1. The molecule has 4 heteroatoms. The van der Waals surface area contributed by atoms with Crippen LogP contribution in [0.1, 0.15) is 18.0 Å². The number of halogens is 1. The third-order valence-electron chi connectivity index (χ3n) is 1.69. The molecular weight excluding hydrogens is 173 g/mol. The van der Waals surface area contributed by atoms with Gasteiger partial charge in [-0.15, -0.1) is 0 Å². The number of hydrogen-bond acceptors (Lipinski definition) is 2. The number of carboxylic acids is 1. The molecule has 0 aliphatic carbocycles. The fraction of sp³-hybridized carbons (Fsp3) is 0.222. The van der Waals surface area contributed by atoms with Crippen LogP contribution in [0.3, 0.4) is 0 Å². The van der Waals surface area contributed by atoms with Crippen molar-refractivity contribution in [3.05, 3.63) is 35.6 Å². The van der Waals surface area contributed by atoms with Crippen molar-refractivity contribution in [3.8, 4) is 0 Å². The van der Waals surface area contributed by atoms with Gasteiger partial charge in [0, 0.05) is 6.04 Å². The molecule has 1 aromatic rings. The summed E-state index contributed by atoms with van der Waals surface area (Å²) in [7, 11) is 0. The summed E-state index contributed by atoms with van der Waals surface area (Å²) in [5, 5.41) is 8.45. The normalized spacial score (nSPS) is 12.5. The van der Waals surface area contributed by atoms with Crippen molar-refractivity contribution in [3.63, 3.8) is 0 Å². The van der Waals surface area contributed by atoms with Crippen molar-refractivity contribution >= 4 is 5.97 Å². The predicted octanol–water partition coefficient (Wildman–Crippen LogP) is 1.30. The van der Waals surface area contributed by atoms with Gasteiger partial charge in [-0.05, 0) is 17.7 Å². The topological polar surface area (TPSA) is 63.3 Å². The lowest BCUT2D eigenvalue weighted by Gasteiger charge is -2.08. The van der Waals surface area contributed by atoms with Gasteiger partial charge in [0.25, 0.3) is 0 Å². The number of hydrogen-bond donors (Lipinski definition) is 2. The van der Waals surface area contributed by atoms with Gasteiger partial charge in [-0.3, -0.25) is 4.79 Å². The number of benzene rings is 1. The van der Waals surface area contributed by atoms with E-state index in [2.05, 4.69) is 0 Å². The molecule has 0 spiro atoms. The highest BCUT2D eigenvalue weighted by molar-refractivity contribution is 5.67. The molecule has 0 saturated carbocycles. The Morgan fingerprint density at radius 2 is 2.00 bits per heavy atom. The largest absolute Gasteiger partial charge is 0.481 e. The first-order chi connectivity index (χ1) is 6.09. The maximum atomic E-state index is 12.5. The molecule has 0 amide bonds. The van der Waals surface area contributed by atoms with Crippen molar-refractivity contribution < 1.29 is 14.3 Å². The molecular formula is C9H10FNO2. The molecule has 3 N–H and O–H groups in total. The van der Waals surface area contributed by atoms with Crippen LogP contribution in [0.5, 0.6) is 0 Å². The Labute approximate surface area is 75.0 Å². The highest BCUT2D eigenvalue weighted by Crippen LogP contribution is 2.13. The van der Waals surface area contributed by atoms with Crippen molar-refractivity contribution in [2.45, 2.75) is 12.5 Å². The monoisotopic (exact) mass is 183 g/mol. The number of carboxylic acid groups (broad SMARTS) is 1. The van der Waals surface area contributed by atoms with Crippen LogP contribution in [0.2, 0.25) is 0 Å². The zero-order chi connectivity index (χ0) is 9.84. The van der Waals surface area contributed by atoms with Gasteiger partial charge in [0.2, 0.25) is 0 Å². The van der Waals surface area contributed by atoms with Crippen LogP contribution in [-0.4, -0.2) is 11.1 Å². The van der Waals surface area contributed by atoms with Crippen LogP contribution in [0.4, 0.5) is 4.39 Å². The number of aliphatic carboxylic acids is 1. The van der Waals surface area contributed by atoms with Crippen LogP contribution >= 0.6 is 0 Å². The molecule has 0 heterocycles. The van der Waals surface area contributed by atoms with Gasteiger partial charge < -0.3 is 10.8 Å². The van der Waals surface area contributed by atoms with Crippen molar-refractivity contribution in [1.82, 2.24) is 0 Å². The van der Waals surface area contributed by atoms with E-state index < -0.39 is 12.0 Å². The third kappa shape index (κ3) is 2.83. The van der Waals surface area contributed by atoms with Gasteiger partial charge in [0.15, 0.2) is 0 Å². The third-order valence-corrected chi connectivity index (χ3v) is 1.69. The van der Waals surface area contributed by atoms with E-state index in [0.29, 0.717) is 5.56 Å². The molecule has 0 saturated heterocycles. The molecule has 13 heavy (non-hydrogen) atoms. The Morgan fingerprint density at radius 1 is 1.46 bits per heavy atom. The minimum absolute atomic E-state index is 0.147. The van der Waals surface area contributed by atoms with Crippen molar-refractivity contribution in [2.75, 3.05) is 0 Å². The first kappa shape index (κ1) is 9.67. The Morgan fingerprint density at radius 3 is 2.46 bits per heavy atom. The Kier molecular flexibility index (Phi) is 2.97. The van der Waals surface area contributed by atoms with Gasteiger partial charge in [-0.25, -0.2) is 4.39 Å². The molecule has 1 atom stereocenters. The Bertz CT molecular complexity index is 297. The second-order valence-electron chi connectivity index (χ2n) is 2.76. The van der Waals surface area contributed by atoms with Crippen molar-refractivity contribution in [1.29, 1.82) is 0 Å². The standard InChI is InChI=1S/C9H10FNO2/c10-7-3-1-6(2-4-7)8(11)5-9(12)13/h1-4,8H,5,11H2,(H,12,13)/t8-/m1/s1. The van der Waals surface area contributed by atoms with Crippen molar-refractivity contribution in [2.24, 2.45) is 5.73 Å². The van der Waals surface area contributed by atoms with E-state index in [9.17, 15) is 9.18 Å². The maximum Gasteiger partial charge on any atom is 0.305 e. The fourth-order valence-corrected chi connectivity index (χ4v) is 1.02. The zero-order valence-electron chi connectivity index (χ0n) is 6.90. The first-order valence-corrected chi connectivity index (χ1v) is 3.82. The summed E-state index contributed by atoms with van der Waals surface area (Å²) >= 11 is 0. The molecule has 1 rings (SSSR count). The van der Waals surface area contributed by atoms with E-state index in [1.807, 2.05) is 0 Å². The van der Waals surface area contributed by atoms with Crippen LogP contribution in [0.25, 0.3) is 0 Å².